The second-order valence-electron chi connectivity index (χ2n) is 7.17. The average molecular weight is 454 g/mol. The van der Waals surface area contributed by atoms with E-state index in [9.17, 15) is 4.79 Å². The zero-order valence-electron chi connectivity index (χ0n) is 16.2. The number of benzene rings is 1. The predicted octanol–water partition coefficient (Wildman–Crippen LogP) is 4.35. The van der Waals surface area contributed by atoms with E-state index in [4.69, 9.17) is 33.7 Å². The molecule has 0 atom stereocenters. The molecule has 31 heavy (non-hydrogen) atoms. The van der Waals surface area contributed by atoms with Gasteiger partial charge in [0, 0.05) is 58.8 Å². The zero-order chi connectivity index (χ0) is 21.5. The molecule has 3 aromatic heterocycles. The van der Waals surface area contributed by atoms with Crippen molar-refractivity contribution in [3.05, 3.63) is 69.7 Å². The number of Topliss-reactive ketones (excluding diaryl/α,β-unsaturated/α-hetero) is 1. The van der Waals surface area contributed by atoms with Crippen molar-refractivity contribution in [2.75, 3.05) is 13.2 Å². The smallest absolute Gasteiger partial charge is 0.194 e. The van der Waals surface area contributed by atoms with Gasteiger partial charge in [0.15, 0.2) is 10.9 Å². The summed E-state index contributed by atoms with van der Waals surface area (Å²) < 4.78 is 7.72. The molecule has 1 aliphatic heterocycles. The fourth-order valence-corrected chi connectivity index (χ4v) is 4.12. The number of rotatable bonds is 5. The second kappa shape index (κ2) is 7.85. The first-order valence-corrected chi connectivity index (χ1v) is 10.4. The van der Waals surface area contributed by atoms with Gasteiger partial charge in [-0.25, -0.2) is 0 Å². The summed E-state index contributed by atoms with van der Waals surface area (Å²) in [6, 6.07) is 7.23. The molecule has 156 valence electrons. The number of nitrogens with zero attached hydrogens (tertiary/aromatic N) is 3. The molecular formula is C22H17Cl2N5O2. The Balaban J connectivity index is 1.60. The number of ether oxygens (including phenoxy) is 1. The van der Waals surface area contributed by atoms with E-state index in [1.54, 1.807) is 30.6 Å². The zero-order valence-corrected chi connectivity index (χ0v) is 17.7. The lowest BCUT2D eigenvalue weighted by Gasteiger charge is -2.17. The Morgan fingerprint density at radius 2 is 2.16 bits per heavy atom. The number of carbonyl (C=O) groups excluding carboxylic acids is 1. The number of aromatic amines is 1. The summed E-state index contributed by atoms with van der Waals surface area (Å²) in [7, 11) is 0. The number of hydrogen-bond acceptors (Lipinski definition) is 5. The van der Waals surface area contributed by atoms with Gasteiger partial charge in [-0.05, 0) is 30.3 Å². The Bertz CT molecular complexity index is 1360. The fraction of sp³-hybridized carbons (Fsp3) is 0.136. The van der Waals surface area contributed by atoms with E-state index in [2.05, 4.69) is 15.2 Å². The van der Waals surface area contributed by atoms with Gasteiger partial charge in [0.2, 0.25) is 0 Å². The maximum atomic E-state index is 13.4. The molecule has 0 amide bonds. The molecule has 7 nitrogen and oxygen atoms in total. The molecule has 0 saturated carbocycles. The third-order valence-corrected chi connectivity index (χ3v) is 5.75. The minimum atomic E-state index is -0.123. The lowest BCUT2D eigenvalue weighted by Crippen LogP contribution is -2.15. The number of nitrogens with two attached hydrogens (primary N) is 1. The van der Waals surface area contributed by atoms with E-state index in [0.717, 1.165) is 16.5 Å². The Hall–Kier alpha value is -3.13. The molecule has 4 aromatic rings. The van der Waals surface area contributed by atoms with Gasteiger partial charge >= 0.3 is 0 Å². The van der Waals surface area contributed by atoms with E-state index in [1.807, 2.05) is 22.9 Å². The van der Waals surface area contributed by atoms with Crippen LogP contribution in [0.3, 0.4) is 0 Å². The summed E-state index contributed by atoms with van der Waals surface area (Å²) in [5.41, 5.74) is 9.86. The number of nitrogens with one attached hydrogen (secondary N) is 1. The summed E-state index contributed by atoms with van der Waals surface area (Å²) in [6.07, 6.45) is 7.01. The van der Waals surface area contributed by atoms with Crippen molar-refractivity contribution in [2.24, 2.45) is 5.73 Å². The molecule has 0 spiro atoms. The van der Waals surface area contributed by atoms with Crippen LogP contribution in [0.25, 0.3) is 28.2 Å². The van der Waals surface area contributed by atoms with Crippen LogP contribution in [0.4, 0.5) is 0 Å². The van der Waals surface area contributed by atoms with Crippen molar-refractivity contribution in [1.82, 2.24) is 19.7 Å². The SMILES string of the molecule is NCCn1cc(C(=O)C2=Cc3cc(Cl)ccc3OC2)c2cnc(-c3c[nH]nc3Cl)cc21. The van der Waals surface area contributed by atoms with Crippen LogP contribution in [0, 0.1) is 0 Å². The number of carbonyl (C=O) groups is 1. The van der Waals surface area contributed by atoms with Crippen molar-refractivity contribution < 1.29 is 9.53 Å². The highest BCUT2D eigenvalue weighted by Crippen LogP contribution is 2.33. The lowest BCUT2D eigenvalue weighted by atomic mass is 9.99. The van der Waals surface area contributed by atoms with Gasteiger partial charge < -0.3 is 15.0 Å². The largest absolute Gasteiger partial charge is 0.488 e. The van der Waals surface area contributed by atoms with Crippen LogP contribution < -0.4 is 10.5 Å². The summed E-state index contributed by atoms with van der Waals surface area (Å²) in [5, 5.41) is 8.32. The molecule has 3 N–H and O–H groups in total. The first-order chi connectivity index (χ1) is 15.0. The van der Waals surface area contributed by atoms with Crippen LogP contribution in [0.15, 0.2) is 48.4 Å². The predicted molar refractivity (Wildman–Crippen MR) is 121 cm³/mol. The maximum Gasteiger partial charge on any atom is 0.194 e. The molecule has 5 rings (SSSR count). The number of H-pyrrole nitrogens is 1. The minimum absolute atomic E-state index is 0.123. The van der Waals surface area contributed by atoms with E-state index < -0.39 is 0 Å². The van der Waals surface area contributed by atoms with Gasteiger partial charge in [-0.3, -0.25) is 14.9 Å². The third-order valence-electron chi connectivity index (χ3n) is 5.23. The van der Waals surface area contributed by atoms with E-state index in [1.165, 1.54) is 0 Å². The molecule has 4 heterocycles. The highest BCUT2D eigenvalue weighted by atomic mass is 35.5. The topological polar surface area (TPSA) is 98.8 Å². The fourth-order valence-electron chi connectivity index (χ4n) is 3.74. The summed E-state index contributed by atoms with van der Waals surface area (Å²) in [4.78, 5) is 17.9. The Morgan fingerprint density at radius 3 is 2.94 bits per heavy atom. The molecule has 0 saturated heterocycles. The van der Waals surface area contributed by atoms with Gasteiger partial charge in [0.05, 0.1) is 16.8 Å². The normalized spacial score (nSPS) is 13.1. The van der Waals surface area contributed by atoms with Crippen LogP contribution in [0.5, 0.6) is 5.75 Å². The van der Waals surface area contributed by atoms with Gasteiger partial charge in [0.25, 0.3) is 0 Å². The third kappa shape index (κ3) is 3.50. The Kier molecular flexibility index (Phi) is 5.02. The molecule has 9 heteroatoms. The first-order valence-electron chi connectivity index (χ1n) is 9.61. The molecule has 0 unspecified atom stereocenters. The van der Waals surface area contributed by atoms with Crippen LogP contribution in [-0.4, -0.2) is 38.7 Å². The Morgan fingerprint density at radius 1 is 1.29 bits per heavy atom. The number of fused-ring (bicyclic) bond motifs is 2. The van der Waals surface area contributed by atoms with Crippen LogP contribution >= 0.6 is 23.2 Å². The second-order valence-corrected chi connectivity index (χ2v) is 7.97. The summed E-state index contributed by atoms with van der Waals surface area (Å²) in [5.74, 6) is 0.581. The average Bonchev–Trinajstić information content (AvgIpc) is 3.36. The highest BCUT2D eigenvalue weighted by molar-refractivity contribution is 6.32. The van der Waals surface area contributed by atoms with Crippen molar-refractivity contribution in [3.8, 4) is 17.0 Å². The summed E-state index contributed by atoms with van der Waals surface area (Å²) in [6.45, 7) is 1.17. The highest BCUT2D eigenvalue weighted by Gasteiger charge is 2.23. The van der Waals surface area contributed by atoms with Gasteiger partial charge in [-0.15, -0.1) is 0 Å². The first kappa shape index (κ1) is 19.8. The van der Waals surface area contributed by atoms with Gasteiger partial charge in [0.1, 0.15) is 12.4 Å². The molecule has 0 radical (unpaired) electrons. The monoisotopic (exact) mass is 453 g/mol. The van der Waals surface area contributed by atoms with Crippen molar-refractivity contribution in [3.63, 3.8) is 0 Å². The van der Waals surface area contributed by atoms with Crippen molar-refractivity contribution >= 4 is 46.0 Å². The lowest BCUT2D eigenvalue weighted by molar-refractivity contribution is 0.102. The maximum absolute atomic E-state index is 13.4. The van der Waals surface area contributed by atoms with Crippen molar-refractivity contribution in [2.45, 2.75) is 6.54 Å². The number of ketones is 1. The van der Waals surface area contributed by atoms with Crippen LogP contribution in [-0.2, 0) is 6.54 Å². The van der Waals surface area contributed by atoms with Crippen LogP contribution in [0.2, 0.25) is 10.2 Å². The van der Waals surface area contributed by atoms with Crippen LogP contribution in [0.1, 0.15) is 15.9 Å². The van der Waals surface area contributed by atoms with E-state index >= 15 is 0 Å². The van der Waals surface area contributed by atoms with E-state index in [0.29, 0.717) is 51.4 Å². The molecule has 0 fully saturated rings. The standard InChI is InChI=1S/C22H17Cl2N5O2/c23-14-1-2-20-12(6-14)5-13(11-31-20)21(30)17-10-29(4-3-25)19-7-18(26-8-15(17)19)16-9-27-28-22(16)24/h1-2,5-10H,3-4,11,25H2,(H,27,28). The molecule has 0 bridgehead atoms. The Labute approximate surface area is 187 Å². The van der Waals surface area contributed by atoms with Crippen molar-refractivity contribution in [1.29, 1.82) is 0 Å². The summed E-state index contributed by atoms with van der Waals surface area (Å²) >= 11 is 12.2. The molecular weight excluding hydrogens is 437 g/mol. The van der Waals surface area contributed by atoms with E-state index in [-0.39, 0.29) is 12.4 Å². The number of halogens is 2. The quantitative estimate of drug-likeness (QED) is 0.437. The number of hydrogen-bond donors (Lipinski definition) is 2. The van der Waals surface area contributed by atoms with Gasteiger partial charge in [-0.1, -0.05) is 23.2 Å². The minimum Gasteiger partial charge on any atom is -0.488 e. The molecule has 1 aliphatic rings. The molecule has 0 aliphatic carbocycles. The van der Waals surface area contributed by atoms with Gasteiger partial charge in [-0.2, -0.15) is 5.10 Å². The number of pyridine rings is 1. The number of aromatic nitrogens is 4. The molecule has 1 aromatic carbocycles.